The Bertz CT molecular complexity index is 365. The van der Waals surface area contributed by atoms with E-state index in [9.17, 15) is 5.11 Å². The average molecular weight is 219 g/mol. The van der Waals surface area contributed by atoms with Crippen LogP contribution in [0.4, 0.5) is 0 Å². The second-order valence-electron chi connectivity index (χ2n) is 4.00. The molecular formula is C13H17NO2. The number of ether oxygens (including phenoxy) is 1. The molecule has 0 radical (unpaired) electrons. The molecule has 0 fully saturated rings. The van der Waals surface area contributed by atoms with Crippen molar-refractivity contribution in [2.24, 2.45) is 0 Å². The SMILES string of the molecule is Cc1ccc(C(C#N)OC(C)C(C)O)cc1. The zero-order chi connectivity index (χ0) is 12.1. The Morgan fingerprint density at radius 2 is 1.81 bits per heavy atom. The van der Waals surface area contributed by atoms with Gasteiger partial charge >= 0.3 is 0 Å². The third-order valence-corrected chi connectivity index (χ3v) is 2.53. The van der Waals surface area contributed by atoms with E-state index in [0.29, 0.717) is 0 Å². The molecule has 0 bridgehead atoms. The molecule has 0 aliphatic heterocycles. The second-order valence-corrected chi connectivity index (χ2v) is 4.00. The van der Waals surface area contributed by atoms with Gasteiger partial charge in [0, 0.05) is 0 Å². The Kier molecular flexibility index (Phi) is 4.48. The first kappa shape index (κ1) is 12.7. The fourth-order valence-electron chi connectivity index (χ4n) is 1.25. The van der Waals surface area contributed by atoms with Gasteiger partial charge in [0.25, 0.3) is 0 Å². The molecule has 0 saturated carbocycles. The molecule has 1 N–H and O–H groups in total. The smallest absolute Gasteiger partial charge is 0.169 e. The minimum atomic E-state index is -0.620. The molecule has 3 nitrogen and oxygen atoms in total. The molecule has 1 aromatic carbocycles. The van der Waals surface area contributed by atoms with E-state index in [0.717, 1.165) is 11.1 Å². The van der Waals surface area contributed by atoms with Crippen molar-refractivity contribution in [3.8, 4) is 6.07 Å². The van der Waals surface area contributed by atoms with Crippen LogP contribution in [-0.4, -0.2) is 17.3 Å². The zero-order valence-corrected chi connectivity index (χ0v) is 9.84. The van der Waals surface area contributed by atoms with Gasteiger partial charge in [-0.05, 0) is 26.3 Å². The predicted molar refractivity (Wildman–Crippen MR) is 61.8 cm³/mol. The summed E-state index contributed by atoms with van der Waals surface area (Å²) in [7, 11) is 0. The number of aliphatic hydroxyl groups is 1. The summed E-state index contributed by atoms with van der Waals surface area (Å²) >= 11 is 0. The highest BCUT2D eigenvalue weighted by Crippen LogP contribution is 2.19. The summed E-state index contributed by atoms with van der Waals surface area (Å²) in [6, 6.07) is 9.72. The molecule has 0 spiro atoms. The molecule has 86 valence electrons. The van der Waals surface area contributed by atoms with Gasteiger partial charge in [-0.15, -0.1) is 0 Å². The predicted octanol–water partition coefficient (Wildman–Crippen LogP) is 2.35. The first-order valence-electron chi connectivity index (χ1n) is 5.34. The molecule has 1 aromatic rings. The Morgan fingerprint density at radius 1 is 1.25 bits per heavy atom. The van der Waals surface area contributed by atoms with Crippen molar-refractivity contribution in [2.75, 3.05) is 0 Å². The minimum absolute atomic E-state index is 0.356. The maximum absolute atomic E-state index is 9.32. The van der Waals surface area contributed by atoms with Crippen LogP contribution in [0.25, 0.3) is 0 Å². The number of nitriles is 1. The Balaban J connectivity index is 2.76. The maximum Gasteiger partial charge on any atom is 0.169 e. The topological polar surface area (TPSA) is 53.2 Å². The lowest BCUT2D eigenvalue weighted by Crippen LogP contribution is -2.24. The van der Waals surface area contributed by atoms with Crippen molar-refractivity contribution in [3.05, 3.63) is 35.4 Å². The molecule has 0 heterocycles. The van der Waals surface area contributed by atoms with Crippen LogP contribution in [0, 0.1) is 18.3 Å². The lowest BCUT2D eigenvalue weighted by atomic mass is 10.1. The van der Waals surface area contributed by atoms with Crippen LogP contribution >= 0.6 is 0 Å². The molecule has 0 aliphatic rings. The molecule has 0 amide bonds. The Hall–Kier alpha value is -1.37. The highest BCUT2D eigenvalue weighted by Gasteiger charge is 2.17. The van der Waals surface area contributed by atoms with Gasteiger partial charge in [-0.25, -0.2) is 0 Å². The van der Waals surface area contributed by atoms with E-state index in [2.05, 4.69) is 6.07 Å². The van der Waals surface area contributed by atoms with Crippen molar-refractivity contribution in [2.45, 2.75) is 39.1 Å². The fraction of sp³-hybridized carbons (Fsp3) is 0.462. The van der Waals surface area contributed by atoms with Crippen LogP contribution < -0.4 is 0 Å². The van der Waals surface area contributed by atoms with Crippen LogP contribution in [-0.2, 0) is 4.74 Å². The third kappa shape index (κ3) is 3.34. The summed E-state index contributed by atoms with van der Waals surface area (Å²) in [5.41, 5.74) is 1.96. The van der Waals surface area contributed by atoms with Crippen LogP contribution in [0.2, 0.25) is 0 Å². The quantitative estimate of drug-likeness (QED) is 0.845. The number of nitrogens with zero attached hydrogens (tertiary/aromatic N) is 1. The van der Waals surface area contributed by atoms with E-state index < -0.39 is 12.2 Å². The number of hydrogen-bond donors (Lipinski definition) is 1. The van der Waals surface area contributed by atoms with Crippen molar-refractivity contribution in [1.82, 2.24) is 0 Å². The maximum atomic E-state index is 9.32. The molecular weight excluding hydrogens is 202 g/mol. The minimum Gasteiger partial charge on any atom is -0.391 e. The number of rotatable bonds is 4. The molecule has 3 heteroatoms. The molecule has 16 heavy (non-hydrogen) atoms. The Morgan fingerprint density at radius 3 is 2.25 bits per heavy atom. The van der Waals surface area contributed by atoms with Gasteiger partial charge in [0.15, 0.2) is 6.10 Å². The molecule has 0 aliphatic carbocycles. The number of benzene rings is 1. The summed E-state index contributed by atoms with van der Waals surface area (Å²) < 4.78 is 5.48. The van der Waals surface area contributed by atoms with Gasteiger partial charge in [0.1, 0.15) is 0 Å². The van der Waals surface area contributed by atoms with Crippen molar-refractivity contribution in [1.29, 1.82) is 5.26 Å². The standard InChI is InChI=1S/C13H17NO2/c1-9-4-6-12(7-5-9)13(8-14)16-11(3)10(2)15/h4-7,10-11,13,15H,1-3H3. The second kappa shape index (κ2) is 5.64. The number of hydrogen-bond acceptors (Lipinski definition) is 3. The van der Waals surface area contributed by atoms with Crippen LogP contribution in [0.1, 0.15) is 31.1 Å². The van der Waals surface area contributed by atoms with E-state index in [1.54, 1.807) is 13.8 Å². The highest BCUT2D eigenvalue weighted by molar-refractivity contribution is 5.26. The van der Waals surface area contributed by atoms with Gasteiger partial charge in [0.05, 0.1) is 18.3 Å². The van der Waals surface area contributed by atoms with E-state index in [-0.39, 0.29) is 6.10 Å². The van der Waals surface area contributed by atoms with Gasteiger partial charge in [-0.1, -0.05) is 29.8 Å². The molecule has 3 unspecified atom stereocenters. The van der Waals surface area contributed by atoms with Crippen molar-refractivity contribution >= 4 is 0 Å². The number of aryl methyl sites for hydroxylation is 1. The molecule has 0 aromatic heterocycles. The van der Waals surface area contributed by atoms with Crippen LogP contribution in [0.15, 0.2) is 24.3 Å². The lowest BCUT2D eigenvalue weighted by molar-refractivity contribution is -0.0426. The first-order valence-corrected chi connectivity index (χ1v) is 5.34. The lowest BCUT2D eigenvalue weighted by Gasteiger charge is -2.19. The summed E-state index contributed by atoms with van der Waals surface area (Å²) in [6.07, 6.45) is -1.56. The molecule has 1 rings (SSSR count). The van der Waals surface area contributed by atoms with Crippen molar-refractivity contribution in [3.63, 3.8) is 0 Å². The van der Waals surface area contributed by atoms with Gasteiger partial charge in [-0.2, -0.15) is 5.26 Å². The van der Waals surface area contributed by atoms with Crippen LogP contribution in [0.5, 0.6) is 0 Å². The summed E-state index contributed by atoms with van der Waals surface area (Å²) in [6.45, 7) is 5.39. The van der Waals surface area contributed by atoms with E-state index >= 15 is 0 Å². The van der Waals surface area contributed by atoms with Gasteiger partial charge in [-0.3, -0.25) is 0 Å². The summed E-state index contributed by atoms with van der Waals surface area (Å²) in [5, 5.41) is 18.3. The fourth-order valence-corrected chi connectivity index (χ4v) is 1.25. The monoisotopic (exact) mass is 219 g/mol. The number of aliphatic hydroxyl groups excluding tert-OH is 1. The normalized spacial score (nSPS) is 16.2. The largest absolute Gasteiger partial charge is 0.391 e. The van der Waals surface area contributed by atoms with Crippen molar-refractivity contribution < 1.29 is 9.84 Å². The van der Waals surface area contributed by atoms with Gasteiger partial charge < -0.3 is 9.84 Å². The van der Waals surface area contributed by atoms with E-state index in [1.165, 1.54) is 0 Å². The zero-order valence-electron chi connectivity index (χ0n) is 9.84. The Labute approximate surface area is 96.3 Å². The van der Waals surface area contributed by atoms with Crippen LogP contribution in [0.3, 0.4) is 0 Å². The summed E-state index contributed by atoms with van der Waals surface area (Å²) in [4.78, 5) is 0. The van der Waals surface area contributed by atoms with Gasteiger partial charge in [0.2, 0.25) is 0 Å². The summed E-state index contributed by atoms with van der Waals surface area (Å²) in [5.74, 6) is 0. The first-order chi connectivity index (χ1) is 7.54. The van der Waals surface area contributed by atoms with E-state index in [4.69, 9.17) is 10.00 Å². The highest BCUT2D eigenvalue weighted by atomic mass is 16.5. The third-order valence-electron chi connectivity index (χ3n) is 2.53. The molecule has 3 atom stereocenters. The van der Waals surface area contributed by atoms with E-state index in [1.807, 2.05) is 31.2 Å². The average Bonchev–Trinajstić information content (AvgIpc) is 2.26. The molecule has 0 saturated heterocycles.